The monoisotopic (exact) mass is 428 g/mol. The number of carbonyl (C=O) groups is 1. The van der Waals surface area contributed by atoms with Crippen molar-refractivity contribution in [3.63, 3.8) is 0 Å². The van der Waals surface area contributed by atoms with Crippen LogP contribution in [0.25, 0.3) is 0 Å². The number of ether oxygens (including phenoxy) is 1. The van der Waals surface area contributed by atoms with Crippen LogP contribution in [0, 0.1) is 5.92 Å². The van der Waals surface area contributed by atoms with E-state index in [1.807, 2.05) is 6.07 Å². The molecule has 160 valence electrons. The molecule has 0 amide bonds. The molecule has 0 aromatic carbocycles. The number of carboxylic acids is 1. The first-order chi connectivity index (χ1) is 13.0. The highest BCUT2D eigenvalue weighted by molar-refractivity contribution is 7.88. The smallest absolute Gasteiger partial charge is 0.475 e. The van der Waals surface area contributed by atoms with Crippen LogP contribution in [0.5, 0.6) is 0 Å². The van der Waals surface area contributed by atoms with E-state index >= 15 is 0 Å². The van der Waals surface area contributed by atoms with E-state index < -0.39 is 22.2 Å². The molecule has 0 unspecified atom stereocenters. The van der Waals surface area contributed by atoms with Gasteiger partial charge in [-0.05, 0) is 24.8 Å². The van der Waals surface area contributed by atoms with Crippen LogP contribution in [0.2, 0.25) is 0 Å². The molecule has 0 bridgehead atoms. The van der Waals surface area contributed by atoms with E-state index in [0.29, 0.717) is 12.5 Å². The van der Waals surface area contributed by atoms with Crippen molar-refractivity contribution in [1.29, 1.82) is 0 Å². The average molecular weight is 428 g/mol. The zero-order valence-corrected chi connectivity index (χ0v) is 16.0. The Morgan fingerprint density at radius 3 is 2.61 bits per heavy atom. The van der Waals surface area contributed by atoms with Crippen LogP contribution < -0.4 is 4.72 Å². The van der Waals surface area contributed by atoms with Crippen molar-refractivity contribution in [2.24, 2.45) is 5.92 Å². The summed E-state index contributed by atoms with van der Waals surface area (Å²) in [6, 6.07) is 1.77. The number of carboxylic acid groups (broad SMARTS) is 1. The number of nitrogens with one attached hydrogen (secondary N) is 1. The van der Waals surface area contributed by atoms with Gasteiger partial charge in [0.05, 0.1) is 30.9 Å². The minimum Gasteiger partial charge on any atom is -0.475 e. The molecule has 0 spiro atoms. The van der Waals surface area contributed by atoms with Crippen molar-refractivity contribution in [3.05, 3.63) is 24.2 Å². The Labute approximate surface area is 160 Å². The number of furan rings is 1. The summed E-state index contributed by atoms with van der Waals surface area (Å²) >= 11 is 0. The SMILES string of the molecule is CS(=O)(=O)N[C@@H]1CN(Cc2ccoc2)C[C@@H]2CCCO[C@@H]21.O=C(O)C(F)(F)F. The van der Waals surface area contributed by atoms with Gasteiger partial charge in [-0.1, -0.05) is 0 Å². The number of rotatable bonds is 4. The van der Waals surface area contributed by atoms with Crippen molar-refractivity contribution >= 4 is 16.0 Å². The van der Waals surface area contributed by atoms with Gasteiger partial charge in [0.25, 0.3) is 0 Å². The van der Waals surface area contributed by atoms with Gasteiger partial charge < -0.3 is 14.3 Å². The van der Waals surface area contributed by atoms with E-state index in [-0.39, 0.29) is 12.1 Å². The van der Waals surface area contributed by atoms with E-state index in [0.717, 1.165) is 38.1 Å². The van der Waals surface area contributed by atoms with Gasteiger partial charge in [0.1, 0.15) is 0 Å². The minimum atomic E-state index is -5.08. The number of piperidine rings is 1. The molecule has 2 N–H and O–H groups in total. The Kier molecular flexibility index (Phi) is 7.48. The molecular weight excluding hydrogens is 405 g/mol. The molecular formula is C16H23F3N2O6S. The Balaban J connectivity index is 0.000000345. The Hall–Kier alpha value is -1.63. The third-order valence-electron chi connectivity index (χ3n) is 4.43. The normalized spacial score (nSPS) is 26.1. The lowest BCUT2D eigenvalue weighted by Crippen LogP contribution is -2.60. The summed E-state index contributed by atoms with van der Waals surface area (Å²) in [5.41, 5.74) is 1.11. The molecule has 2 fully saturated rings. The van der Waals surface area contributed by atoms with Crippen molar-refractivity contribution in [2.45, 2.75) is 37.7 Å². The number of likely N-dealkylation sites (tertiary alicyclic amines) is 1. The van der Waals surface area contributed by atoms with Crippen LogP contribution in [0.4, 0.5) is 13.2 Å². The van der Waals surface area contributed by atoms with Crippen molar-refractivity contribution in [1.82, 2.24) is 9.62 Å². The summed E-state index contributed by atoms with van der Waals surface area (Å²) in [4.78, 5) is 11.2. The molecule has 8 nitrogen and oxygen atoms in total. The standard InChI is InChI=1S/C14H22N2O4S.C2HF3O2/c1-21(17,18)15-13-9-16(7-11-4-6-19-10-11)8-12-3-2-5-20-14(12)13;3-2(4,5)1(6)7/h4,6,10,12-15H,2-3,5,7-9H2,1H3;(H,6,7)/t12-,13+,14-;/m0./s1. The summed E-state index contributed by atoms with van der Waals surface area (Å²) in [5, 5.41) is 7.12. The lowest BCUT2D eigenvalue weighted by Gasteiger charge is -2.45. The molecule has 3 atom stereocenters. The third-order valence-corrected chi connectivity index (χ3v) is 5.16. The molecule has 2 aliphatic heterocycles. The Bertz CT molecular complexity index is 738. The Morgan fingerprint density at radius 1 is 1.39 bits per heavy atom. The zero-order chi connectivity index (χ0) is 20.9. The van der Waals surface area contributed by atoms with E-state index in [1.54, 1.807) is 12.5 Å². The van der Waals surface area contributed by atoms with Crippen LogP contribution >= 0.6 is 0 Å². The number of sulfonamides is 1. The van der Waals surface area contributed by atoms with Crippen LogP contribution in [0.15, 0.2) is 23.0 Å². The first-order valence-corrected chi connectivity index (χ1v) is 10.5. The van der Waals surface area contributed by atoms with Gasteiger partial charge in [-0.3, -0.25) is 4.90 Å². The topological polar surface area (TPSA) is 109 Å². The van der Waals surface area contributed by atoms with E-state index in [2.05, 4.69) is 9.62 Å². The fourth-order valence-electron chi connectivity index (χ4n) is 3.44. The quantitative estimate of drug-likeness (QED) is 0.747. The highest BCUT2D eigenvalue weighted by Gasteiger charge is 2.40. The molecule has 28 heavy (non-hydrogen) atoms. The maximum atomic E-state index is 11.6. The van der Waals surface area contributed by atoms with Gasteiger partial charge in [0.2, 0.25) is 10.0 Å². The molecule has 3 heterocycles. The largest absolute Gasteiger partial charge is 0.490 e. The number of fused-ring (bicyclic) bond motifs is 1. The highest BCUT2D eigenvalue weighted by atomic mass is 32.2. The second kappa shape index (κ2) is 9.25. The van der Waals surface area contributed by atoms with Gasteiger partial charge in [0.15, 0.2) is 0 Å². The lowest BCUT2D eigenvalue weighted by atomic mass is 9.85. The minimum absolute atomic E-state index is 0.00549. The first kappa shape index (κ1) is 22.7. The van der Waals surface area contributed by atoms with Gasteiger partial charge in [0, 0.05) is 31.8 Å². The molecule has 3 rings (SSSR count). The van der Waals surface area contributed by atoms with E-state index in [9.17, 15) is 21.6 Å². The number of hydrogen-bond donors (Lipinski definition) is 2. The highest BCUT2D eigenvalue weighted by Crippen LogP contribution is 2.29. The van der Waals surface area contributed by atoms with Crippen molar-refractivity contribution in [3.8, 4) is 0 Å². The Morgan fingerprint density at radius 2 is 2.07 bits per heavy atom. The predicted molar refractivity (Wildman–Crippen MR) is 91.9 cm³/mol. The summed E-state index contributed by atoms with van der Waals surface area (Å²) < 4.78 is 68.6. The molecule has 1 aromatic heterocycles. The summed E-state index contributed by atoms with van der Waals surface area (Å²) in [7, 11) is -3.23. The van der Waals surface area contributed by atoms with Crippen molar-refractivity contribution in [2.75, 3.05) is 26.0 Å². The van der Waals surface area contributed by atoms with Crippen LogP contribution in [0.3, 0.4) is 0 Å². The summed E-state index contributed by atoms with van der Waals surface area (Å²) in [6.45, 7) is 3.11. The van der Waals surface area contributed by atoms with Gasteiger partial charge >= 0.3 is 12.1 Å². The number of nitrogens with zero attached hydrogens (tertiary/aromatic N) is 1. The number of alkyl halides is 3. The summed E-state index contributed by atoms with van der Waals surface area (Å²) in [5.74, 6) is -2.37. The molecule has 2 saturated heterocycles. The lowest BCUT2D eigenvalue weighted by molar-refractivity contribution is -0.192. The molecule has 2 aliphatic rings. The molecule has 12 heteroatoms. The fraction of sp³-hybridized carbons (Fsp3) is 0.688. The van der Waals surface area contributed by atoms with Gasteiger partial charge in [-0.2, -0.15) is 13.2 Å². The second-order valence-electron chi connectivity index (χ2n) is 6.86. The van der Waals surface area contributed by atoms with Gasteiger partial charge in [-0.25, -0.2) is 17.9 Å². The van der Waals surface area contributed by atoms with Gasteiger partial charge in [-0.15, -0.1) is 0 Å². The molecule has 1 aromatic rings. The second-order valence-corrected chi connectivity index (χ2v) is 8.64. The van der Waals surface area contributed by atoms with Crippen molar-refractivity contribution < 1.29 is 40.6 Å². The van der Waals surface area contributed by atoms with E-state index in [1.165, 1.54) is 6.26 Å². The molecule has 0 saturated carbocycles. The summed E-state index contributed by atoms with van der Waals surface area (Å²) in [6.07, 6.45) is 1.66. The number of halogens is 3. The predicted octanol–water partition coefficient (Wildman–Crippen LogP) is 1.44. The van der Waals surface area contributed by atoms with Crippen LogP contribution in [0.1, 0.15) is 18.4 Å². The average Bonchev–Trinajstić information content (AvgIpc) is 3.06. The maximum absolute atomic E-state index is 11.6. The zero-order valence-electron chi connectivity index (χ0n) is 15.2. The van der Waals surface area contributed by atoms with E-state index in [4.69, 9.17) is 19.1 Å². The van der Waals surface area contributed by atoms with Crippen LogP contribution in [-0.2, 0) is 26.1 Å². The fourth-order valence-corrected chi connectivity index (χ4v) is 4.20. The number of aliphatic carboxylic acids is 1. The number of hydrogen-bond acceptors (Lipinski definition) is 6. The molecule has 0 radical (unpaired) electrons. The van der Waals surface area contributed by atoms with Crippen LogP contribution in [-0.4, -0.2) is 68.7 Å². The molecule has 0 aliphatic carbocycles. The third kappa shape index (κ3) is 7.08. The first-order valence-electron chi connectivity index (χ1n) is 8.58. The maximum Gasteiger partial charge on any atom is 0.490 e.